The van der Waals surface area contributed by atoms with Crippen LogP contribution in [0.3, 0.4) is 0 Å². The average molecular weight is 384 g/mol. The summed E-state index contributed by atoms with van der Waals surface area (Å²) in [6, 6.07) is 16.7. The van der Waals surface area contributed by atoms with Crippen LogP contribution in [0, 0.1) is 0 Å². The Hall–Kier alpha value is -2.46. The number of nitrogens with one attached hydrogen (secondary N) is 1. The van der Waals surface area contributed by atoms with Crippen molar-refractivity contribution in [3.8, 4) is 5.75 Å². The lowest BCUT2D eigenvalue weighted by molar-refractivity contribution is 0.415. The molecule has 27 heavy (non-hydrogen) atoms. The van der Waals surface area contributed by atoms with E-state index in [9.17, 15) is 0 Å². The van der Waals surface area contributed by atoms with Gasteiger partial charge in [0.2, 0.25) is 0 Å². The molecule has 3 aromatic rings. The van der Waals surface area contributed by atoms with Crippen LogP contribution in [0.25, 0.3) is 10.9 Å². The second-order valence-electron chi connectivity index (χ2n) is 7.48. The fraction of sp³-hybridized carbons (Fsp3) is 0.318. The van der Waals surface area contributed by atoms with Crippen LogP contribution in [0.5, 0.6) is 5.75 Å². The standard InChI is InChI=1S/C22H25N3O.ClH/c1-22(2)13-12-21(24-22)25(17-8-10-18(26-3)11-9-17)15-16-14-23-20-7-5-4-6-19(16)20;/h4-11,14,23H,12-13,15H2,1-3H3;1H. The first kappa shape index (κ1) is 19.3. The van der Waals surface area contributed by atoms with Gasteiger partial charge in [0.25, 0.3) is 0 Å². The Morgan fingerprint density at radius 2 is 1.85 bits per heavy atom. The molecule has 1 N–H and O–H groups in total. The van der Waals surface area contributed by atoms with Gasteiger partial charge in [0.1, 0.15) is 11.6 Å². The summed E-state index contributed by atoms with van der Waals surface area (Å²) in [7, 11) is 1.70. The molecule has 1 aliphatic rings. The monoisotopic (exact) mass is 383 g/mol. The molecule has 0 atom stereocenters. The zero-order valence-corrected chi connectivity index (χ0v) is 16.8. The van der Waals surface area contributed by atoms with Crippen LogP contribution in [0.2, 0.25) is 0 Å². The minimum atomic E-state index is 0. The highest BCUT2D eigenvalue weighted by Crippen LogP contribution is 2.31. The normalized spacial score (nSPS) is 15.3. The van der Waals surface area contributed by atoms with Crippen LogP contribution in [-0.2, 0) is 6.54 Å². The Labute approximate surface area is 166 Å². The van der Waals surface area contributed by atoms with Gasteiger partial charge in [-0.2, -0.15) is 0 Å². The molecular formula is C22H26ClN3O. The number of rotatable bonds is 4. The lowest BCUT2D eigenvalue weighted by Crippen LogP contribution is -2.29. The van der Waals surface area contributed by atoms with Crippen LogP contribution >= 0.6 is 12.4 Å². The number of ether oxygens (including phenoxy) is 1. The lowest BCUT2D eigenvalue weighted by Gasteiger charge is -2.25. The number of anilines is 1. The van der Waals surface area contributed by atoms with Gasteiger partial charge >= 0.3 is 0 Å². The molecule has 0 bridgehead atoms. The number of benzene rings is 2. The van der Waals surface area contributed by atoms with Crippen molar-refractivity contribution >= 4 is 34.8 Å². The number of aromatic nitrogens is 1. The van der Waals surface area contributed by atoms with Crippen molar-refractivity contribution in [1.82, 2.24) is 4.98 Å². The first-order valence-corrected chi connectivity index (χ1v) is 9.11. The van der Waals surface area contributed by atoms with Crippen molar-refractivity contribution in [3.05, 3.63) is 60.3 Å². The zero-order valence-electron chi connectivity index (χ0n) is 16.0. The van der Waals surface area contributed by atoms with Crippen molar-refractivity contribution in [2.24, 2.45) is 4.99 Å². The highest BCUT2D eigenvalue weighted by Gasteiger charge is 2.28. The van der Waals surface area contributed by atoms with Crippen molar-refractivity contribution in [1.29, 1.82) is 0 Å². The molecule has 0 aliphatic carbocycles. The summed E-state index contributed by atoms with van der Waals surface area (Å²) in [5.41, 5.74) is 3.61. The second-order valence-corrected chi connectivity index (χ2v) is 7.48. The van der Waals surface area contributed by atoms with E-state index in [4.69, 9.17) is 9.73 Å². The maximum absolute atomic E-state index is 5.32. The molecule has 0 fully saturated rings. The maximum Gasteiger partial charge on any atom is 0.119 e. The third-order valence-corrected chi connectivity index (χ3v) is 5.09. The first-order valence-electron chi connectivity index (χ1n) is 9.11. The number of hydrogen-bond acceptors (Lipinski definition) is 3. The number of hydrogen-bond donors (Lipinski definition) is 1. The Morgan fingerprint density at radius 3 is 2.52 bits per heavy atom. The summed E-state index contributed by atoms with van der Waals surface area (Å²) in [6.07, 6.45) is 4.20. The molecule has 1 aromatic heterocycles. The molecule has 1 aliphatic heterocycles. The van der Waals surface area contributed by atoms with Crippen molar-refractivity contribution in [2.45, 2.75) is 38.8 Å². The number of halogens is 1. The smallest absolute Gasteiger partial charge is 0.119 e. The summed E-state index contributed by atoms with van der Waals surface area (Å²) >= 11 is 0. The van der Waals surface area contributed by atoms with E-state index in [1.807, 2.05) is 12.1 Å². The van der Waals surface area contributed by atoms with Gasteiger partial charge in [0, 0.05) is 29.2 Å². The first-order chi connectivity index (χ1) is 12.6. The van der Waals surface area contributed by atoms with Gasteiger partial charge in [-0.3, -0.25) is 4.99 Å². The Morgan fingerprint density at radius 1 is 1.11 bits per heavy atom. The Balaban J connectivity index is 0.00000210. The van der Waals surface area contributed by atoms with E-state index in [2.05, 4.69) is 66.3 Å². The van der Waals surface area contributed by atoms with E-state index < -0.39 is 0 Å². The molecule has 0 unspecified atom stereocenters. The number of amidine groups is 1. The largest absolute Gasteiger partial charge is 0.497 e. The quantitative estimate of drug-likeness (QED) is 0.639. The van der Waals surface area contributed by atoms with Crippen LogP contribution in [0.1, 0.15) is 32.3 Å². The summed E-state index contributed by atoms with van der Waals surface area (Å²) < 4.78 is 5.32. The fourth-order valence-electron chi connectivity index (χ4n) is 3.60. The second kappa shape index (κ2) is 7.65. The van der Waals surface area contributed by atoms with Crippen LogP contribution in [-0.4, -0.2) is 23.5 Å². The van der Waals surface area contributed by atoms with E-state index in [1.165, 1.54) is 16.5 Å². The summed E-state index contributed by atoms with van der Waals surface area (Å²) in [6.45, 7) is 5.21. The Bertz CT molecular complexity index is 944. The minimum absolute atomic E-state index is 0. The van der Waals surface area contributed by atoms with Gasteiger partial charge < -0.3 is 14.6 Å². The molecular weight excluding hydrogens is 358 g/mol. The van der Waals surface area contributed by atoms with E-state index in [-0.39, 0.29) is 17.9 Å². The van der Waals surface area contributed by atoms with Gasteiger partial charge in [-0.1, -0.05) is 18.2 Å². The molecule has 0 saturated heterocycles. The molecule has 2 heterocycles. The topological polar surface area (TPSA) is 40.6 Å². The predicted molar refractivity (Wildman–Crippen MR) is 115 cm³/mol. The molecule has 4 nitrogen and oxygen atoms in total. The molecule has 0 saturated carbocycles. The summed E-state index contributed by atoms with van der Waals surface area (Å²) in [5, 5.41) is 1.27. The number of methoxy groups -OCH3 is 1. The number of H-pyrrole nitrogens is 1. The molecule has 4 rings (SSSR count). The fourth-order valence-corrected chi connectivity index (χ4v) is 3.60. The molecule has 0 amide bonds. The van der Waals surface area contributed by atoms with Gasteiger partial charge in [-0.15, -0.1) is 12.4 Å². The number of aliphatic imine (C=N–C) groups is 1. The average Bonchev–Trinajstić information content (AvgIpc) is 3.23. The third kappa shape index (κ3) is 3.96. The predicted octanol–water partition coefficient (Wildman–Crippen LogP) is 5.58. The van der Waals surface area contributed by atoms with Crippen molar-refractivity contribution < 1.29 is 4.74 Å². The van der Waals surface area contributed by atoms with Crippen molar-refractivity contribution in [3.63, 3.8) is 0 Å². The van der Waals surface area contributed by atoms with Crippen LogP contribution in [0.4, 0.5) is 5.69 Å². The van der Waals surface area contributed by atoms with Crippen molar-refractivity contribution in [2.75, 3.05) is 12.0 Å². The van der Waals surface area contributed by atoms with Gasteiger partial charge in [-0.25, -0.2) is 0 Å². The number of fused-ring (bicyclic) bond motifs is 1. The third-order valence-electron chi connectivity index (χ3n) is 5.09. The van der Waals surface area contributed by atoms with Gasteiger partial charge in [0.15, 0.2) is 0 Å². The highest BCUT2D eigenvalue weighted by atomic mass is 35.5. The Kier molecular flexibility index (Phi) is 5.47. The summed E-state index contributed by atoms with van der Waals surface area (Å²) in [4.78, 5) is 10.7. The van der Waals surface area contributed by atoms with E-state index in [1.54, 1.807) is 7.11 Å². The van der Waals surface area contributed by atoms with E-state index in [0.29, 0.717) is 0 Å². The highest BCUT2D eigenvalue weighted by molar-refractivity contribution is 5.99. The minimum Gasteiger partial charge on any atom is -0.497 e. The van der Waals surface area contributed by atoms with E-state index >= 15 is 0 Å². The number of para-hydroxylation sites is 1. The van der Waals surface area contributed by atoms with E-state index in [0.717, 1.165) is 36.7 Å². The number of nitrogens with zero attached hydrogens (tertiary/aromatic N) is 2. The molecule has 142 valence electrons. The maximum atomic E-state index is 5.32. The van der Waals surface area contributed by atoms with Crippen LogP contribution in [0.15, 0.2) is 59.7 Å². The van der Waals surface area contributed by atoms with Crippen LogP contribution < -0.4 is 9.64 Å². The molecule has 0 spiro atoms. The number of aromatic amines is 1. The van der Waals surface area contributed by atoms with Gasteiger partial charge in [-0.05, 0) is 56.2 Å². The lowest BCUT2D eigenvalue weighted by atomic mass is 10.0. The molecule has 0 radical (unpaired) electrons. The molecule has 2 aromatic carbocycles. The summed E-state index contributed by atoms with van der Waals surface area (Å²) in [5.74, 6) is 2.03. The zero-order chi connectivity index (χ0) is 18.1. The SMILES string of the molecule is COc1ccc(N(Cc2c[nH]c3ccccc23)C2=NC(C)(C)CC2)cc1.Cl. The van der Waals surface area contributed by atoms with Gasteiger partial charge in [0.05, 0.1) is 19.2 Å². The molecule has 5 heteroatoms.